The number of β-amino-alcohol motifs (C(OH)–C–C–N with tert-alkyl or cyclic N) is 1. The number of aliphatic hydroxyl groups is 1. The van der Waals surface area contributed by atoms with E-state index in [1.165, 1.54) is 0 Å². The van der Waals surface area contributed by atoms with Crippen LogP contribution in [0.3, 0.4) is 0 Å². The molecule has 3 rings (SSSR count). The quantitative estimate of drug-likeness (QED) is 0.805. The summed E-state index contributed by atoms with van der Waals surface area (Å²) in [6.07, 6.45) is 3.57. The van der Waals surface area contributed by atoms with Crippen LogP contribution in [-0.4, -0.2) is 52.4 Å². The van der Waals surface area contributed by atoms with Crippen LogP contribution in [0.5, 0.6) is 0 Å². The zero-order valence-electron chi connectivity index (χ0n) is 13.9. The molecule has 2 atom stereocenters. The van der Waals surface area contributed by atoms with Crippen LogP contribution in [0.15, 0.2) is 30.5 Å². The fourth-order valence-electron chi connectivity index (χ4n) is 3.21. The minimum absolute atomic E-state index is 0.224. The number of nitrogens with one attached hydrogen (secondary N) is 1. The van der Waals surface area contributed by atoms with Crippen molar-refractivity contribution in [3.8, 4) is 11.3 Å². The van der Waals surface area contributed by atoms with E-state index in [0.29, 0.717) is 19.8 Å². The summed E-state index contributed by atoms with van der Waals surface area (Å²) in [5.74, 6) is 0.959. The number of rotatable bonds is 7. The predicted molar refractivity (Wildman–Crippen MR) is 95.1 cm³/mol. The Morgan fingerprint density at radius 3 is 2.96 bits per heavy atom. The van der Waals surface area contributed by atoms with Crippen molar-refractivity contribution >= 4 is 11.6 Å². The molecule has 0 bridgehead atoms. The summed E-state index contributed by atoms with van der Waals surface area (Å²) in [5, 5.41) is 10.8. The molecule has 24 heavy (non-hydrogen) atoms. The first-order valence-electron chi connectivity index (χ1n) is 8.48. The molecule has 6 heteroatoms. The van der Waals surface area contributed by atoms with Gasteiger partial charge in [0.25, 0.3) is 0 Å². The van der Waals surface area contributed by atoms with Gasteiger partial charge >= 0.3 is 0 Å². The lowest BCUT2D eigenvalue weighted by atomic mass is 10.2. The molecule has 2 N–H and O–H groups in total. The Labute approximate surface area is 147 Å². The Morgan fingerprint density at radius 2 is 2.21 bits per heavy atom. The van der Waals surface area contributed by atoms with Gasteiger partial charge in [0.15, 0.2) is 0 Å². The molecule has 0 saturated carbocycles. The van der Waals surface area contributed by atoms with Gasteiger partial charge in [-0.3, -0.25) is 4.90 Å². The lowest BCUT2D eigenvalue weighted by Crippen LogP contribution is -2.35. The molecule has 0 amide bonds. The van der Waals surface area contributed by atoms with E-state index in [9.17, 15) is 5.11 Å². The smallest absolute Gasteiger partial charge is 0.123 e. The summed E-state index contributed by atoms with van der Waals surface area (Å²) in [6.45, 7) is 4.54. The maximum Gasteiger partial charge on any atom is 0.123 e. The van der Waals surface area contributed by atoms with E-state index in [-0.39, 0.29) is 6.04 Å². The average Bonchev–Trinajstić information content (AvgIpc) is 3.22. The topological polar surface area (TPSA) is 61.4 Å². The second kappa shape index (κ2) is 8.12. The number of H-pyrrole nitrogens is 1. The van der Waals surface area contributed by atoms with E-state index in [0.717, 1.165) is 41.5 Å². The van der Waals surface area contributed by atoms with Gasteiger partial charge in [0.1, 0.15) is 5.82 Å². The summed E-state index contributed by atoms with van der Waals surface area (Å²) in [5.41, 5.74) is 2.06. The first kappa shape index (κ1) is 17.4. The molecule has 0 radical (unpaired) electrons. The summed E-state index contributed by atoms with van der Waals surface area (Å²) >= 11 is 5.95. The highest BCUT2D eigenvalue weighted by atomic mass is 35.5. The van der Waals surface area contributed by atoms with Crippen LogP contribution in [0.25, 0.3) is 11.3 Å². The Bertz CT molecular complexity index is 644. The van der Waals surface area contributed by atoms with E-state index in [1.54, 1.807) is 0 Å². The van der Waals surface area contributed by atoms with Crippen molar-refractivity contribution in [2.24, 2.45) is 0 Å². The number of hydrogen-bond acceptors (Lipinski definition) is 4. The Kier molecular flexibility index (Phi) is 5.89. The summed E-state index contributed by atoms with van der Waals surface area (Å²) < 4.78 is 5.31. The van der Waals surface area contributed by atoms with E-state index < -0.39 is 6.10 Å². The van der Waals surface area contributed by atoms with E-state index >= 15 is 0 Å². The average molecular weight is 350 g/mol. The van der Waals surface area contributed by atoms with Crippen LogP contribution in [0, 0.1) is 0 Å². The zero-order valence-corrected chi connectivity index (χ0v) is 14.7. The number of ether oxygens (including phenoxy) is 1. The van der Waals surface area contributed by atoms with Crippen molar-refractivity contribution in [2.45, 2.75) is 31.9 Å². The van der Waals surface area contributed by atoms with Gasteiger partial charge in [-0.1, -0.05) is 23.7 Å². The highest BCUT2D eigenvalue weighted by molar-refractivity contribution is 6.30. The molecule has 1 aliphatic rings. The maximum absolute atomic E-state index is 10.1. The fraction of sp³-hybridized carbons (Fsp3) is 0.500. The van der Waals surface area contributed by atoms with Crippen molar-refractivity contribution in [1.82, 2.24) is 14.9 Å². The number of hydrogen-bond donors (Lipinski definition) is 2. The predicted octanol–water partition coefficient (Wildman–Crippen LogP) is 3.26. The SMILES string of the molecule is CCOC[C@H](O)CN1CCC[C@H]1c1ncc(-c2ccc(Cl)cc2)[nH]1. The Balaban J connectivity index is 1.68. The first-order valence-corrected chi connectivity index (χ1v) is 8.86. The number of likely N-dealkylation sites (tertiary alicyclic amines) is 1. The highest BCUT2D eigenvalue weighted by Crippen LogP contribution is 2.31. The minimum Gasteiger partial charge on any atom is -0.389 e. The summed E-state index contributed by atoms with van der Waals surface area (Å²) in [6, 6.07) is 7.95. The van der Waals surface area contributed by atoms with Crippen molar-refractivity contribution in [3.05, 3.63) is 41.3 Å². The Hall–Kier alpha value is -1.40. The maximum atomic E-state index is 10.1. The van der Waals surface area contributed by atoms with Gasteiger partial charge in [-0.05, 0) is 44.0 Å². The lowest BCUT2D eigenvalue weighted by molar-refractivity contribution is 0.0181. The van der Waals surface area contributed by atoms with Crippen LogP contribution in [0.1, 0.15) is 31.6 Å². The number of nitrogens with zero attached hydrogens (tertiary/aromatic N) is 2. The highest BCUT2D eigenvalue weighted by Gasteiger charge is 2.29. The molecule has 5 nitrogen and oxygen atoms in total. The zero-order chi connectivity index (χ0) is 16.9. The van der Waals surface area contributed by atoms with Gasteiger partial charge in [-0.2, -0.15) is 0 Å². The Morgan fingerprint density at radius 1 is 1.42 bits per heavy atom. The standard InChI is InChI=1S/C18H24ClN3O2/c1-2-24-12-15(23)11-22-9-3-4-17(22)18-20-10-16(21-18)13-5-7-14(19)8-6-13/h5-8,10,15,17,23H,2-4,9,11-12H2,1H3,(H,20,21)/t15-,17+/m1/s1. The number of aromatic nitrogens is 2. The third-order valence-corrected chi connectivity index (χ3v) is 4.64. The van der Waals surface area contributed by atoms with Gasteiger partial charge in [-0.25, -0.2) is 4.98 Å². The molecule has 2 aromatic rings. The molecule has 2 heterocycles. The van der Waals surface area contributed by atoms with Gasteiger partial charge in [0.2, 0.25) is 0 Å². The molecular formula is C18H24ClN3O2. The van der Waals surface area contributed by atoms with Crippen LogP contribution < -0.4 is 0 Å². The van der Waals surface area contributed by atoms with Gasteiger partial charge in [0.05, 0.1) is 30.6 Å². The molecule has 0 unspecified atom stereocenters. The normalized spacial score (nSPS) is 19.7. The fourth-order valence-corrected chi connectivity index (χ4v) is 3.34. The van der Waals surface area contributed by atoms with Gasteiger partial charge < -0.3 is 14.8 Å². The van der Waals surface area contributed by atoms with E-state index in [1.807, 2.05) is 37.4 Å². The molecular weight excluding hydrogens is 326 g/mol. The number of aliphatic hydroxyl groups excluding tert-OH is 1. The van der Waals surface area contributed by atoms with E-state index in [4.69, 9.17) is 16.3 Å². The first-order chi connectivity index (χ1) is 11.7. The number of aromatic amines is 1. The molecule has 1 aromatic heterocycles. The van der Waals surface area contributed by atoms with Crippen LogP contribution in [0.2, 0.25) is 5.02 Å². The molecule has 1 saturated heterocycles. The summed E-state index contributed by atoms with van der Waals surface area (Å²) in [4.78, 5) is 10.3. The number of imidazole rings is 1. The second-order valence-electron chi connectivity index (χ2n) is 6.16. The van der Waals surface area contributed by atoms with Crippen LogP contribution in [0.4, 0.5) is 0 Å². The number of halogens is 1. The monoisotopic (exact) mass is 349 g/mol. The van der Waals surface area contributed by atoms with Gasteiger partial charge in [0, 0.05) is 18.2 Å². The van der Waals surface area contributed by atoms with Crippen molar-refractivity contribution in [3.63, 3.8) is 0 Å². The number of benzene rings is 1. The van der Waals surface area contributed by atoms with Crippen LogP contribution >= 0.6 is 11.6 Å². The summed E-state index contributed by atoms with van der Waals surface area (Å²) in [7, 11) is 0. The van der Waals surface area contributed by atoms with Crippen molar-refractivity contribution in [1.29, 1.82) is 0 Å². The van der Waals surface area contributed by atoms with Crippen molar-refractivity contribution in [2.75, 3.05) is 26.3 Å². The largest absolute Gasteiger partial charge is 0.389 e. The van der Waals surface area contributed by atoms with Gasteiger partial charge in [-0.15, -0.1) is 0 Å². The lowest BCUT2D eigenvalue weighted by Gasteiger charge is -2.25. The molecule has 0 spiro atoms. The molecule has 0 aliphatic carbocycles. The molecule has 1 aromatic carbocycles. The minimum atomic E-state index is -0.462. The third-order valence-electron chi connectivity index (χ3n) is 4.39. The van der Waals surface area contributed by atoms with E-state index in [2.05, 4.69) is 14.9 Å². The second-order valence-corrected chi connectivity index (χ2v) is 6.59. The van der Waals surface area contributed by atoms with Crippen LogP contribution in [-0.2, 0) is 4.74 Å². The molecule has 1 fully saturated rings. The molecule has 1 aliphatic heterocycles. The third kappa shape index (κ3) is 4.16. The van der Waals surface area contributed by atoms with Crippen molar-refractivity contribution < 1.29 is 9.84 Å². The molecule has 130 valence electrons.